The Bertz CT molecular complexity index is 852. The van der Waals surface area contributed by atoms with Crippen LogP contribution in [-0.2, 0) is 0 Å². The van der Waals surface area contributed by atoms with Gasteiger partial charge in [-0.1, -0.05) is 17.7 Å². The Morgan fingerprint density at radius 2 is 2.09 bits per heavy atom. The first-order chi connectivity index (χ1) is 10.8. The largest absolute Gasteiger partial charge is 0.321 e. The molecule has 0 radical (unpaired) electrons. The lowest BCUT2D eigenvalue weighted by Gasteiger charge is -2.11. The molecule has 0 bridgehead atoms. The van der Waals surface area contributed by atoms with Crippen molar-refractivity contribution in [3.63, 3.8) is 0 Å². The molecule has 0 atom stereocenters. The number of amides is 1. The van der Waals surface area contributed by atoms with Crippen LogP contribution < -0.4 is 5.32 Å². The Kier molecular flexibility index (Phi) is 4.77. The summed E-state index contributed by atoms with van der Waals surface area (Å²) in [6.07, 6.45) is 1.28. The lowest BCUT2D eigenvalue weighted by Crippen LogP contribution is -2.16. The van der Waals surface area contributed by atoms with Crippen molar-refractivity contribution in [2.45, 2.75) is 20.8 Å². The number of benzene rings is 1. The zero-order valence-corrected chi connectivity index (χ0v) is 13.7. The summed E-state index contributed by atoms with van der Waals surface area (Å²) >= 11 is 6.06. The first-order valence-electron chi connectivity index (χ1n) is 6.88. The van der Waals surface area contributed by atoms with E-state index in [1.807, 2.05) is 19.1 Å². The third-order valence-electron chi connectivity index (χ3n) is 3.48. The summed E-state index contributed by atoms with van der Waals surface area (Å²) in [6.45, 7) is 5.25. The molecule has 0 fully saturated rings. The Morgan fingerprint density at radius 1 is 1.39 bits per heavy atom. The Labute approximate surface area is 139 Å². The minimum Gasteiger partial charge on any atom is -0.321 e. The standard InChI is InChI=1S/C17H15ClN4O/c1-9-4-5-13(6-14(9)11(3)20)22-17(23)16-10(2)15(18)12(7-19)8-21-16/h4-6,8,20H,1-3H3,(H,22,23). The molecule has 0 spiro atoms. The molecule has 1 aromatic heterocycles. The lowest BCUT2D eigenvalue weighted by atomic mass is 10.0. The highest BCUT2D eigenvalue weighted by molar-refractivity contribution is 6.33. The fraction of sp³-hybridized carbons (Fsp3) is 0.176. The van der Waals surface area contributed by atoms with E-state index in [0.29, 0.717) is 17.0 Å². The summed E-state index contributed by atoms with van der Waals surface area (Å²) in [5, 5.41) is 19.7. The highest BCUT2D eigenvalue weighted by atomic mass is 35.5. The number of carbonyl (C=O) groups excluding carboxylic acids is 1. The average Bonchev–Trinajstić information content (AvgIpc) is 2.51. The highest BCUT2D eigenvalue weighted by Gasteiger charge is 2.16. The number of aryl methyl sites for hydroxylation is 1. The van der Waals surface area contributed by atoms with Gasteiger partial charge in [0.1, 0.15) is 11.8 Å². The number of rotatable bonds is 3. The fourth-order valence-corrected chi connectivity index (χ4v) is 2.37. The van der Waals surface area contributed by atoms with Gasteiger partial charge in [-0.3, -0.25) is 4.79 Å². The Balaban J connectivity index is 2.34. The minimum atomic E-state index is -0.411. The maximum atomic E-state index is 12.4. The van der Waals surface area contributed by atoms with Gasteiger partial charge in [0.2, 0.25) is 0 Å². The predicted molar refractivity (Wildman–Crippen MR) is 90.3 cm³/mol. The molecule has 23 heavy (non-hydrogen) atoms. The molecule has 2 rings (SSSR count). The summed E-state index contributed by atoms with van der Waals surface area (Å²) < 4.78 is 0. The topological polar surface area (TPSA) is 89.6 Å². The van der Waals surface area contributed by atoms with Gasteiger partial charge in [-0.05, 0) is 44.0 Å². The van der Waals surface area contributed by atoms with Gasteiger partial charge in [-0.2, -0.15) is 5.26 Å². The van der Waals surface area contributed by atoms with Crippen LogP contribution in [0.1, 0.15) is 39.7 Å². The van der Waals surface area contributed by atoms with E-state index in [0.717, 1.165) is 11.1 Å². The van der Waals surface area contributed by atoms with E-state index < -0.39 is 5.91 Å². The van der Waals surface area contributed by atoms with Crippen LogP contribution in [0.3, 0.4) is 0 Å². The van der Waals surface area contributed by atoms with Crippen LogP contribution in [-0.4, -0.2) is 16.6 Å². The first-order valence-corrected chi connectivity index (χ1v) is 7.25. The molecule has 116 valence electrons. The smallest absolute Gasteiger partial charge is 0.274 e. The van der Waals surface area contributed by atoms with Crippen LogP contribution >= 0.6 is 11.6 Å². The number of carbonyl (C=O) groups is 1. The second kappa shape index (κ2) is 6.59. The van der Waals surface area contributed by atoms with Crippen molar-refractivity contribution in [2.24, 2.45) is 0 Å². The van der Waals surface area contributed by atoms with Gasteiger partial charge in [0.05, 0.1) is 10.6 Å². The van der Waals surface area contributed by atoms with Crippen molar-refractivity contribution in [1.82, 2.24) is 4.98 Å². The quantitative estimate of drug-likeness (QED) is 0.839. The number of halogens is 1. The van der Waals surface area contributed by atoms with Gasteiger partial charge in [-0.25, -0.2) is 4.98 Å². The molecular weight excluding hydrogens is 312 g/mol. The van der Waals surface area contributed by atoms with E-state index in [1.165, 1.54) is 6.20 Å². The summed E-state index contributed by atoms with van der Waals surface area (Å²) in [7, 11) is 0. The summed E-state index contributed by atoms with van der Waals surface area (Å²) in [5.41, 5.74) is 3.59. The van der Waals surface area contributed by atoms with Gasteiger partial charge >= 0.3 is 0 Å². The molecule has 2 N–H and O–H groups in total. The maximum Gasteiger partial charge on any atom is 0.274 e. The number of pyridine rings is 1. The molecule has 0 saturated heterocycles. The molecule has 1 aromatic carbocycles. The van der Waals surface area contributed by atoms with Crippen molar-refractivity contribution in [3.05, 3.63) is 57.4 Å². The summed E-state index contributed by atoms with van der Waals surface area (Å²) in [4.78, 5) is 16.4. The Hall–Kier alpha value is -2.71. The average molecular weight is 327 g/mol. The molecule has 0 aliphatic rings. The number of aromatic nitrogens is 1. The van der Waals surface area contributed by atoms with Crippen LogP contribution in [0.5, 0.6) is 0 Å². The monoisotopic (exact) mass is 326 g/mol. The van der Waals surface area contributed by atoms with E-state index in [4.69, 9.17) is 22.3 Å². The molecule has 0 unspecified atom stereocenters. The molecule has 0 saturated carbocycles. The van der Waals surface area contributed by atoms with E-state index in [1.54, 1.807) is 26.0 Å². The van der Waals surface area contributed by atoms with Crippen LogP contribution in [0, 0.1) is 30.6 Å². The van der Waals surface area contributed by atoms with Gasteiger partial charge < -0.3 is 10.7 Å². The minimum absolute atomic E-state index is 0.169. The van der Waals surface area contributed by atoms with E-state index in [2.05, 4.69) is 10.3 Å². The van der Waals surface area contributed by atoms with Crippen LogP contribution in [0.2, 0.25) is 5.02 Å². The zero-order valence-electron chi connectivity index (χ0n) is 13.0. The maximum absolute atomic E-state index is 12.4. The number of nitriles is 1. The number of anilines is 1. The number of nitrogens with zero attached hydrogens (tertiary/aromatic N) is 2. The van der Waals surface area contributed by atoms with E-state index in [-0.39, 0.29) is 16.3 Å². The molecule has 5 nitrogen and oxygen atoms in total. The number of nitrogens with one attached hydrogen (secondary N) is 2. The number of hydrogen-bond acceptors (Lipinski definition) is 4. The molecular formula is C17H15ClN4O. The summed E-state index contributed by atoms with van der Waals surface area (Å²) in [5.74, 6) is -0.411. The SMILES string of the molecule is CC(=N)c1cc(NC(=O)c2ncc(C#N)c(Cl)c2C)ccc1C. The Morgan fingerprint density at radius 3 is 2.70 bits per heavy atom. The normalized spacial score (nSPS) is 10.0. The summed E-state index contributed by atoms with van der Waals surface area (Å²) in [6, 6.07) is 7.28. The van der Waals surface area contributed by atoms with Gasteiger partial charge in [0, 0.05) is 23.2 Å². The predicted octanol–water partition coefficient (Wildman–Crippen LogP) is 3.86. The first kappa shape index (κ1) is 16.7. The molecule has 1 amide bonds. The van der Waals surface area contributed by atoms with Crippen molar-refractivity contribution in [2.75, 3.05) is 5.32 Å². The third kappa shape index (κ3) is 3.38. The van der Waals surface area contributed by atoms with Crippen molar-refractivity contribution < 1.29 is 4.79 Å². The van der Waals surface area contributed by atoms with Gasteiger partial charge in [0.25, 0.3) is 5.91 Å². The van der Waals surface area contributed by atoms with E-state index >= 15 is 0 Å². The second-order valence-electron chi connectivity index (χ2n) is 5.18. The zero-order chi connectivity index (χ0) is 17.1. The number of hydrogen-bond donors (Lipinski definition) is 2. The van der Waals surface area contributed by atoms with Crippen LogP contribution in [0.4, 0.5) is 5.69 Å². The van der Waals surface area contributed by atoms with Crippen LogP contribution in [0.15, 0.2) is 24.4 Å². The van der Waals surface area contributed by atoms with Gasteiger partial charge in [-0.15, -0.1) is 0 Å². The molecule has 0 aliphatic carbocycles. The van der Waals surface area contributed by atoms with Crippen molar-refractivity contribution >= 4 is 28.9 Å². The molecule has 2 aromatic rings. The highest BCUT2D eigenvalue weighted by Crippen LogP contribution is 2.23. The molecule has 0 aliphatic heterocycles. The van der Waals surface area contributed by atoms with E-state index in [9.17, 15) is 4.79 Å². The third-order valence-corrected chi connectivity index (χ3v) is 3.97. The van der Waals surface area contributed by atoms with Crippen molar-refractivity contribution in [3.8, 4) is 6.07 Å². The lowest BCUT2D eigenvalue weighted by molar-refractivity contribution is 0.102. The fourth-order valence-electron chi connectivity index (χ4n) is 2.19. The van der Waals surface area contributed by atoms with Crippen LogP contribution in [0.25, 0.3) is 0 Å². The van der Waals surface area contributed by atoms with Gasteiger partial charge in [0.15, 0.2) is 0 Å². The van der Waals surface area contributed by atoms with Crippen molar-refractivity contribution in [1.29, 1.82) is 10.7 Å². The molecule has 6 heteroatoms. The second-order valence-corrected chi connectivity index (χ2v) is 5.56. The molecule has 1 heterocycles.